The van der Waals surface area contributed by atoms with Crippen LogP contribution in [0.15, 0.2) is 60.7 Å². The standard InChI is InChI=1S/C17H20N2O/c1-17(2,14-9-5-3-6-10-14)13-18-16(20)19-15-11-7-4-8-12-15/h3-12H,13H2,1-2H3,(H2,18,19,20). The van der Waals surface area contributed by atoms with Crippen molar-refractivity contribution in [1.29, 1.82) is 0 Å². The van der Waals surface area contributed by atoms with Crippen molar-refractivity contribution in [3.8, 4) is 0 Å². The molecule has 0 saturated carbocycles. The summed E-state index contributed by atoms with van der Waals surface area (Å²) in [6.45, 7) is 4.81. The summed E-state index contributed by atoms with van der Waals surface area (Å²) in [4.78, 5) is 11.9. The summed E-state index contributed by atoms with van der Waals surface area (Å²) in [5, 5.41) is 5.74. The van der Waals surface area contributed by atoms with Crippen LogP contribution in [0.25, 0.3) is 0 Å². The summed E-state index contributed by atoms with van der Waals surface area (Å²) in [5.41, 5.74) is 1.90. The first-order valence-corrected chi connectivity index (χ1v) is 6.73. The van der Waals surface area contributed by atoms with Crippen LogP contribution in [0.3, 0.4) is 0 Å². The maximum absolute atomic E-state index is 11.9. The lowest BCUT2D eigenvalue weighted by atomic mass is 9.85. The zero-order valence-corrected chi connectivity index (χ0v) is 11.9. The van der Waals surface area contributed by atoms with Crippen molar-refractivity contribution in [3.63, 3.8) is 0 Å². The molecule has 2 aromatic rings. The Morgan fingerprint density at radius 3 is 2.10 bits per heavy atom. The molecule has 0 aliphatic rings. The minimum atomic E-state index is -0.180. The fourth-order valence-corrected chi connectivity index (χ4v) is 1.99. The fraction of sp³-hybridized carbons (Fsp3) is 0.235. The van der Waals surface area contributed by atoms with E-state index in [4.69, 9.17) is 0 Å². The van der Waals surface area contributed by atoms with Gasteiger partial charge in [0.25, 0.3) is 0 Å². The molecule has 0 spiro atoms. The van der Waals surface area contributed by atoms with Crippen molar-refractivity contribution < 1.29 is 4.79 Å². The number of amides is 2. The van der Waals surface area contributed by atoms with E-state index in [9.17, 15) is 4.79 Å². The van der Waals surface area contributed by atoms with Crippen LogP contribution in [-0.4, -0.2) is 12.6 Å². The molecule has 3 nitrogen and oxygen atoms in total. The normalized spacial score (nSPS) is 10.9. The Morgan fingerprint density at radius 2 is 1.50 bits per heavy atom. The van der Waals surface area contributed by atoms with Crippen LogP contribution in [0.1, 0.15) is 19.4 Å². The number of anilines is 1. The van der Waals surface area contributed by atoms with Crippen molar-refractivity contribution in [2.24, 2.45) is 0 Å². The highest BCUT2D eigenvalue weighted by Crippen LogP contribution is 2.21. The van der Waals surface area contributed by atoms with Gasteiger partial charge in [0.15, 0.2) is 0 Å². The van der Waals surface area contributed by atoms with E-state index in [1.807, 2.05) is 48.5 Å². The number of hydrogen-bond donors (Lipinski definition) is 2. The fourth-order valence-electron chi connectivity index (χ4n) is 1.99. The average Bonchev–Trinajstić information content (AvgIpc) is 2.47. The third-order valence-corrected chi connectivity index (χ3v) is 3.28. The molecule has 2 rings (SSSR count). The summed E-state index contributed by atoms with van der Waals surface area (Å²) in [7, 11) is 0. The van der Waals surface area contributed by atoms with E-state index in [-0.39, 0.29) is 11.4 Å². The summed E-state index contributed by atoms with van der Waals surface area (Å²) < 4.78 is 0. The third kappa shape index (κ3) is 3.85. The van der Waals surface area contributed by atoms with E-state index in [2.05, 4.69) is 36.6 Å². The van der Waals surface area contributed by atoms with Gasteiger partial charge in [-0.3, -0.25) is 0 Å². The van der Waals surface area contributed by atoms with E-state index in [1.165, 1.54) is 5.56 Å². The van der Waals surface area contributed by atoms with Gasteiger partial charge in [-0.1, -0.05) is 62.4 Å². The second-order valence-corrected chi connectivity index (χ2v) is 5.42. The van der Waals surface area contributed by atoms with Gasteiger partial charge >= 0.3 is 6.03 Å². The van der Waals surface area contributed by atoms with Gasteiger partial charge in [0.1, 0.15) is 0 Å². The van der Waals surface area contributed by atoms with Gasteiger partial charge in [-0.25, -0.2) is 4.79 Å². The van der Waals surface area contributed by atoms with Crippen molar-refractivity contribution in [1.82, 2.24) is 5.32 Å². The molecule has 2 amide bonds. The molecule has 0 aliphatic heterocycles. The Balaban J connectivity index is 1.90. The van der Waals surface area contributed by atoms with E-state index in [1.54, 1.807) is 0 Å². The van der Waals surface area contributed by atoms with Gasteiger partial charge in [0.2, 0.25) is 0 Å². The topological polar surface area (TPSA) is 41.1 Å². The lowest BCUT2D eigenvalue weighted by Crippen LogP contribution is -2.38. The first-order valence-electron chi connectivity index (χ1n) is 6.73. The zero-order chi connectivity index (χ0) is 14.4. The van der Waals surface area contributed by atoms with E-state index in [0.717, 1.165) is 5.69 Å². The Kier molecular flexibility index (Phi) is 4.41. The minimum absolute atomic E-state index is 0.102. The van der Waals surface area contributed by atoms with Crippen LogP contribution in [0.2, 0.25) is 0 Å². The number of rotatable bonds is 4. The van der Waals surface area contributed by atoms with E-state index < -0.39 is 0 Å². The molecule has 0 heterocycles. The van der Waals surface area contributed by atoms with Crippen molar-refractivity contribution >= 4 is 11.7 Å². The molecular weight excluding hydrogens is 248 g/mol. The zero-order valence-electron chi connectivity index (χ0n) is 11.9. The summed E-state index contributed by atoms with van der Waals surface area (Å²) >= 11 is 0. The molecule has 2 aromatic carbocycles. The number of carbonyl (C=O) groups excluding carboxylic acids is 1. The Hall–Kier alpha value is -2.29. The summed E-state index contributed by atoms with van der Waals surface area (Å²) in [6.07, 6.45) is 0. The van der Waals surface area contributed by atoms with Gasteiger partial charge in [-0.15, -0.1) is 0 Å². The number of urea groups is 1. The molecule has 0 unspecified atom stereocenters. The predicted molar refractivity (Wildman–Crippen MR) is 82.9 cm³/mol. The maximum Gasteiger partial charge on any atom is 0.319 e. The summed E-state index contributed by atoms with van der Waals surface area (Å²) in [6, 6.07) is 19.4. The first-order chi connectivity index (χ1) is 9.58. The molecule has 0 saturated heterocycles. The molecule has 0 aliphatic carbocycles. The lowest BCUT2D eigenvalue weighted by molar-refractivity contribution is 0.249. The molecule has 3 heteroatoms. The van der Waals surface area contributed by atoms with Gasteiger partial charge in [-0.05, 0) is 17.7 Å². The van der Waals surface area contributed by atoms with Crippen LogP contribution in [0.5, 0.6) is 0 Å². The van der Waals surface area contributed by atoms with Crippen LogP contribution in [0.4, 0.5) is 10.5 Å². The number of hydrogen-bond acceptors (Lipinski definition) is 1. The number of para-hydroxylation sites is 1. The van der Waals surface area contributed by atoms with Gasteiger partial charge < -0.3 is 10.6 Å². The van der Waals surface area contributed by atoms with Crippen LogP contribution >= 0.6 is 0 Å². The Bertz CT molecular complexity index is 550. The molecule has 0 aromatic heterocycles. The lowest BCUT2D eigenvalue weighted by Gasteiger charge is -2.25. The summed E-state index contributed by atoms with van der Waals surface area (Å²) in [5.74, 6) is 0. The smallest absolute Gasteiger partial charge is 0.319 e. The molecule has 0 radical (unpaired) electrons. The number of nitrogens with one attached hydrogen (secondary N) is 2. The highest BCUT2D eigenvalue weighted by atomic mass is 16.2. The molecular formula is C17H20N2O. The number of carbonyl (C=O) groups is 1. The van der Waals surface area contributed by atoms with Crippen LogP contribution in [-0.2, 0) is 5.41 Å². The van der Waals surface area contributed by atoms with Gasteiger partial charge in [0, 0.05) is 17.6 Å². The second kappa shape index (κ2) is 6.24. The first kappa shape index (κ1) is 14.1. The SMILES string of the molecule is CC(C)(CNC(=O)Nc1ccccc1)c1ccccc1. The van der Waals surface area contributed by atoms with Crippen molar-refractivity contribution in [3.05, 3.63) is 66.2 Å². The van der Waals surface area contributed by atoms with Crippen LogP contribution in [0, 0.1) is 0 Å². The highest BCUT2D eigenvalue weighted by molar-refractivity contribution is 5.89. The van der Waals surface area contributed by atoms with E-state index in [0.29, 0.717) is 6.54 Å². The molecule has 20 heavy (non-hydrogen) atoms. The van der Waals surface area contributed by atoms with Crippen molar-refractivity contribution in [2.75, 3.05) is 11.9 Å². The second-order valence-electron chi connectivity index (χ2n) is 5.42. The largest absolute Gasteiger partial charge is 0.337 e. The predicted octanol–water partition coefficient (Wildman–Crippen LogP) is 3.79. The van der Waals surface area contributed by atoms with Gasteiger partial charge in [-0.2, -0.15) is 0 Å². The molecule has 0 atom stereocenters. The van der Waals surface area contributed by atoms with Crippen molar-refractivity contribution in [2.45, 2.75) is 19.3 Å². The third-order valence-electron chi connectivity index (χ3n) is 3.28. The van der Waals surface area contributed by atoms with Gasteiger partial charge in [0.05, 0.1) is 0 Å². The highest BCUT2D eigenvalue weighted by Gasteiger charge is 2.20. The molecule has 104 valence electrons. The maximum atomic E-state index is 11.9. The molecule has 0 bridgehead atoms. The Labute approximate surface area is 120 Å². The molecule has 2 N–H and O–H groups in total. The van der Waals surface area contributed by atoms with E-state index >= 15 is 0 Å². The number of benzene rings is 2. The minimum Gasteiger partial charge on any atom is -0.337 e. The average molecular weight is 268 g/mol. The van der Waals surface area contributed by atoms with Crippen LogP contribution < -0.4 is 10.6 Å². The Morgan fingerprint density at radius 1 is 0.950 bits per heavy atom. The quantitative estimate of drug-likeness (QED) is 0.870. The monoisotopic (exact) mass is 268 g/mol. The molecule has 0 fully saturated rings.